The maximum atomic E-state index is 13.3. The molecule has 19 heavy (non-hydrogen) atoms. The van der Waals surface area contributed by atoms with Crippen LogP contribution in [0, 0.1) is 17.0 Å². The van der Waals surface area contributed by atoms with Gasteiger partial charge in [0.1, 0.15) is 0 Å². The van der Waals surface area contributed by atoms with E-state index in [2.05, 4.69) is 0 Å². The molecule has 1 N–H and O–H groups in total. The lowest BCUT2D eigenvalue weighted by molar-refractivity contribution is -0.385. The summed E-state index contributed by atoms with van der Waals surface area (Å²) in [7, 11) is 0. The van der Waals surface area contributed by atoms with E-state index < -0.39 is 22.9 Å². The van der Waals surface area contributed by atoms with Crippen LogP contribution in [0.5, 0.6) is 0 Å². The molecule has 0 aliphatic rings. The maximum absolute atomic E-state index is 13.3. The van der Waals surface area contributed by atoms with Crippen molar-refractivity contribution in [2.24, 2.45) is 0 Å². The number of benzene rings is 1. The first-order valence-corrected chi connectivity index (χ1v) is 5.20. The molecule has 8 heteroatoms. The fourth-order valence-corrected chi connectivity index (χ4v) is 1.29. The molecule has 1 aromatic rings. The van der Waals surface area contributed by atoms with E-state index in [1.165, 1.54) is 13.0 Å². The number of carbonyl (C=O) groups is 1. The van der Waals surface area contributed by atoms with E-state index in [9.17, 15) is 28.1 Å². The van der Waals surface area contributed by atoms with Gasteiger partial charge in [-0.2, -0.15) is 0 Å². The predicted molar refractivity (Wildman–Crippen MR) is 62.0 cm³/mol. The van der Waals surface area contributed by atoms with Crippen molar-refractivity contribution in [2.45, 2.75) is 25.9 Å². The Balaban J connectivity index is 2.93. The molecule has 0 radical (unpaired) electrons. The zero-order valence-corrected chi connectivity index (χ0v) is 10.1. The van der Waals surface area contributed by atoms with Gasteiger partial charge in [-0.3, -0.25) is 14.9 Å². The van der Waals surface area contributed by atoms with Gasteiger partial charge in [0.2, 0.25) is 5.67 Å². The van der Waals surface area contributed by atoms with Gasteiger partial charge in [0.25, 0.3) is 18.0 Å². The average molecular weight is 276 g/mol. The number of anilines is 1. The Morgan fingerprint density at radius 3 is 2.47 bits per heavy atom. The van der Waals surface area contributed by atoms with Crippen LogP contribution in [-0.4, -0.2) is 22.9 Å². The van der Waals surface area contributed by atoms with Crippen molar-refractivity contribution in [3.63, 3.8) is 0 Å². The summed E-state index contributed by atoms with van der Waals surface area (Å²) in [5.74, 6) is -1.50. The van der Waals surface area contributed by atoms with E-state index in [0.29, 0.717) is 6.92 Å². The van der Waals surface area contributed by atoms with Crippen molar-refractivity contribution in [2.75, 3.05) is 5.32 Å². The average Bonchev–Trinajstić information content (AvgIpc) is 2.28. The van der Waals surface area contributed by atoms with Crippen LogP contribution in [0.2, 0.25) is 0 Å². The number of nitrogens with one attached hydrogen (secondary N) is 1. The Labute approximate surface area is 106 Å². The number of amides is 1. The summed E-state index contributed by atoms with van der Waals surface area (Å²) in [4.78, 5) is 21.2. The quantitative estimate of drug-likeness (QED) is 0.679. The van der Waals surface area contributed by atoms with Crippen molar-refractivity contribution in [3.8, 4) is 0 Å². The Morgan fingerprint density at radius 1 is 1.47 bits per heavy atom. The Hall–Kier alpha value is -2.12. The van der Waals surface area contributed by atoms with Gasteiger partial charge in [0, 0.05) is 17.3 Å². The molecule has 0 bridgehead atoms. The van der Waals surface area contributed by atoms with Crippen LogP contribution in [0.4, 0.5) is 24.5 Å². The van der Waals surface area contributed by atoms with E-state index in [1.807, 2.05) is 5.32 Å². The summed E-state index contributed by atoms with van der Waals surface area (Å²) in [6.07, 6.45) is -3.47. The molecule has 0 aliphatic heterocycles. The summed E-state index contributed by atoms with van der Waals surface area (Å²) in [5, 5.41) is 12.5. The van der Waals surface area contributed by atoms with Crippen LogP contribution < -0.4 is 5.32 Å². The third-order valence-electron chi connectivity index (χ3n) is 2.51. The van der Waals surface area contributed by atoms with E-state index in [1.54, 1.807) is 0 Å². The van der Waals surface area contributed by atoms with Gasteiger partial charge in [0.15, 0.2) is 0 Å². The molecule has 0 spiro atoms. The van der Waals surface area contributed by atoms with Crippen molar-refractivity contribution in [1.29, 1.82) is 0 Å². The van der Waals surface area contributed by atoms with Crippen LogP contribution in [0.15, 0.2) is 18.2 Å². The summed E-state index contributed by atoms with van der Waals surface area (Å²) in [6.45, 7) is 1.88. The van der Waals surface area contributed by atoms with Crippen LogP contribution >= 0.6 is 0 Å². The zero-order valence-electron chi connectivity index (χ0n) is 10.1. The van der Waals surface area contributed by atoms with E-state index in [-0.39, 0.29) is 16.9 Å². The van der Waals surface area contributed by atoms with Crippen molar-refractivity contribution in [1.82, 2.24) is 0 Å². The molecule has 0 saturated heterocycles. The Kier molecular flexibility index (Phi) is 4.13. The number of carbonyl (C=O) groups excluding carboxylic acids is 1. The van der Waals surface area contributed by atoms with E-state index in [4.69, 9.17) is 0 Å². The molecule has 1 aromatic carbocycles. The highest BCUT2D eigenvalue weighted by Crippen LogP contribution is 2.25. The Bertz CT molecular complexity index is 518. The molecule has 104 valence electrons. The lowest BCUT2D eigenvalue weighted by Crippen LogP contribution is -2.42. The molecule has 0 aromatic heterocycles. The highest BCUT2D eigenvalue weighted by molar-refractivity contribution is 5.97. The number of aryl methyl sites for hydroxylation is 1. The Morgan fingerprint density at radius 2 is 2.05 bits per heavy atom. The number of halogens is 3. The van der Waals surface area contributed by atoms with Gasteiger partial charge in [0.05, 0.1) is 4.92 Å². The minimum Gasteiger partial charge on any atom is -0.323 e. The van der Waals surface area contributed by atoms with E-state index >= 15 is 0 Å². The molecule has 1 unspecified atom stereocenters. The standard InChI is InChI=1S/C11H11F3N2O3/c1-6-5-7(3-4-8(6)16(18)19)15-10(17)11(2,14)9(12)13/h3-5,9H,1-2H3,(H,15,17). The normalized spacial score (nSPS) is 14.0. The highest BCUT2D eigenvalue weighted by Gasteiger charge is 2.43. The van der Waals surface area contributed by atoms with Crippen LogP contribution in [0.3, 0.4) is 0 Å². The molecular formula is C11H11F3N2O3. The van der Waals surface area contributed by atoms with Gasteiger partial charge in [-0.15, -0.1) is 0 Å². The van der Waals surface area contributed by atoms with Gasteiger partial charge >= 0.3 is 0 Å². The maximum Gasteiger partial charge on any atom is 0.280 e. The summed E-state index contributed by atoms with van der Waals surface area (Å²) < 4.78 is 37.9. The summed E-state index contributed by atoms with van der Waals surface area (Å²) in [6, 6.07) is 3.45. The van der Waals surface area contributed by atoms with E-state index in [0.717, 1.165) is 12.1 Å². The molecule has 0 saturated carbocycles. The molecular weight excluding hydrogens is 265 g/mol. The smallest absolute Gasteiger partial charge is 0.280 e. The lowest BCUT2D eigenvalue weighted by Gasteiger charge is -2.18. The number of hydrogen-bond donors (Lipinski definition) is 1. The number of rotatable bonds is 4. The minimum atomic E-state index is -3.47. The van der Waals surface area contributed by atoms with Gasteiger partial charge in [-0.05, 0) is 26.0 Å². The van der Waals surface area contributed by atoms with Gasteiger partial charge in [-0.1, -0.05) is 0 Å². The zero-order chi connectivity index (χ0) is 14.8. The molecule has 1 rings (SSSR count). The second-order valence-electron chi connectivity index (χ2n) is 4.09. The number of nitro benzene ring substituents is 1. The monoisotopic (exact) mass is 276 g/mol. The molecule has 0 aliphatic carbocycles. The highest BCUT2D eigenvalue weighted by atomic mass is 19.3. The minimum absolute atomic E-state index is 0.0117. The van der Waals surface area contributed by atoms with Crippen LogP contribution in [-0.2, 0) is 4.79 Å². The third kappa shape index (κ3) is 3.21. The number of alkyl halides is 3. The first kappa shape index (κ1) is 14.9. The SMILES string of the molecule is Cc1cc(NC(=O)C(C)(F)C(F)F)ccc1[N+](=O)[O-]. The number of hydrogen-bond acceptors (Lipinski definition) is 3. The van der Waals surface area contributed by atoms with Gasteiger partial charge in [-0.25, -0.2) is 13.2 Å². The van der Waals surface area contributed by atoms with Gasteiger partial charge < -0.3 is 5.32 Å². The number of nitro groups is 1. The second-order valence-corrected chi connectivity index (χ2v) is 4.09. The topological polar surface area (TPSA) is 72.2 Å². The fourth-order valence-electron chi connectivity index (χ4n) is 1.29. The molecule has 1 amide bonds. The summed E-state index contributed by atoms with van der Waals surface area (Å²) >= 11 is 0. The lowest BCUT2D eigenvalue weighted by atomic mass is 10.1. The second kappa shape index (κ2) is 5.25. The van der Waals surface area contributed by atoms with Crippen LogP contribution in [0.1, 0.15) is 12.5 Å². The van der Waals surface area contributed by atoms with Crippen LogP contribution in [0.25, 0.3) is 0 Å². The first-order valence-electron chi connectivity index (χ1n) is 5.20. The van der Waals surface area contributed by atoms with Crippen molar-refractivity contribution < 1.29 is 22.9 Å². The third-order valence-corrected chi connectivity index (χ3v) is 2.51. The van der Waals surface area contributed by atoms with Crippen molar-refractivity contribution >= 4 is 17.3 Å². The molecule has 1 atom stereocenters. The summed E-state index contributed by atoms with van der Waals surface area (Å²) in [5.41, 5.74) is -3.27. The van der Waals surface area contributed by atoms with Crippen molar-refractivity contribution in [3.05, 3.63) is 33.9 Å². The molecule has 5 nitrogen and oxygen atoms in total. The number of nitrogens with zero attached hydrogens (tertiary/aromatic N) is 1. The first-order chi connectivity index (χ1) is 8.66. The molecule has 0 heterocycles. The predicted octanol–water partition coefficient (Wildman–Crippen LogP) is 2.84. The fraction of sp³-hybridized carbons (Fsp3) is 0.364. The largest absolute Gasteiger partial charge is 0.323 e. The molecule has 0 fully saturated rings.